The second-order valence-corrected chi connectivity index (χ2v) is 5.23. The van der Waals surface area contributed by atoms with E-state index in [-0.39, 0.29) is 5.02 Å². The number of hydrogen-bond donors (Lipinski definition) is 4. The predicted octanol–water partition coefficient (Wildman–Crippen LogP) is 2.38. The van der Waals surface area contributed by atoms with Crippen molar-refractivity contribution >= 4 is 51.4 Å². The molecule has 0 saturated heterocycles. The molecule has 0 fully saturated rings. The molecule has 116 valence electrons. The maximum Gasteiger partial charge on any atom is 0.314 e. The van der Waals surface area contributed by atoms with Gasteiger partial charge in [-0.2, -0.15) is 5.10 Å². The number of carbonyl (C=O) groups excluding carboxylic acids is 2. The number of hydrogen-bond acceptors (Lipinski definition) is 4. The average Bonchev–Trinajstić information content (AvgIpc) is 2.97. The number of nitrogens with one attached hydrogen (secondary N) is 3. The van der Waals surface area contributed by atoms with Crippen molar-refractivity contribution < 1.29 is 9.59 Å². The summed E-state index contributed by atoms with van der Waals surface area (Å²) in [7, 11) is 0. The summed E-state index contributed by atoms with van der Waals surface area (Å²) >= 11 is 5.95. The molecule has 0 atom stereocenters. The summed E-state index contributed by atoms with van der Waals surface area (Å²) < 4.78 is 0. The van der Waals surface area contributed by atoms with Gasteiger partial charge in [-0.3, -0.25) is 14.7 Å². The number of halogens is 1. The van der Waals surface area contributed by atoms with E-state index in [0.29, 0.717) is 17.1 Å². The number of nitrogen functional groups attached to an aromatic ring is 1. The number of nitrogens with two attached hydrogens (primary N) is 1. The van der Waals surface area contributed by atoms with Crippen molar-refractivity contribution in [3.05, 3.63) is 47.6 Å². The number of H-pyrrole nitrogens is 1. The van der Waals surface area contributed by atoms with Gasteiger partial charge in [0.05, 0.1) is 22.4 Å². The Morgan fingerprint density at radius 3 is 2.65 bits per heavy atom. The lowest BCUT2D eigenvalue weighted by molar-refractivity contribution is -0.132. The van der Waals surface area contributed by atoms with Crippen LogP contribution in [0.4, 0.5) is 17.1 Å². The highest BCUT2D eigenvalue weighted by molar-refractivity contribution is 6.44. The monoisotopic (exact) mass is 329 g/mol. The summed E-state index contributed by atoms with van der Waals surface area (Å²) in [5.41, 5.74) is 7.58. The van der Waals surface area contributed by atoms with Crippen molar-refractivity contribution in [2.45, 2.75) is 0 Å². The summed E-state index contributed by atoms with van der Waals surface area (Å²) in [4.78, 5) is 23.9. The highest BCUT2D eigenvalue weighted by Gasteiger charge is 2.15. The van der Waals surface area contributed by atoms with Crippen LogP contribution in [0.25, 0.3) is 10.9 Å². The normalized spacial score (nSPS) is 10.5. The van der Waals surface area contributed by atoms with Crippen LogP contribution in [0.5, 0.6) is 0 Å². The number of aromatic nitrogens is 2. The van der Waals surface area contributed by atoms with Crippen LogP contribution in [-0.4, -0.2) is 22.0 Å². The molecular weight excluding hydrogens is 318 g/mol. The van der Waals surface area contributed by atoms with E-state index >= 15 is 0 Å². The molecule has 0 aliphatic heterocycles. The molecule has 2 amide bonds. The van der Waals surface area contributed by atoms with Crippen LogP contribution in [-0.2, 0) is 9.59 Å². The second-order valence-electron chi connectivity index (χ2n) is 4.82. The zero-order chi connectivity index (χ0) is 16.4. The van der Waals surface area contributed by atoms with E-state index < -0.39 is 11.8 Å². The van der Waals surface area contributed by atoms with E-state index in [9.17, 15) is 9.59 Å². The van der Waals surface area contributed by atoms with Crippen molar-refractivity contribution in [2.24, 2.45) is 0 Å². The van der Waals surface area contributed by atoms with E-state index in [1.54, 1.807) is 30.5 Å². The van der Waals surface area contributed by atoms with Gasteiger partial charge in [-0.05, 0) is 36.4 Å². The van der Waals surface area contributed by atoms with Gasteiger partial charge in [0.2, 0.25) is 0 Å². The minimum Gasteiger partial charge on any atom is -0.399 e. The third-order valence-corrected chi connectivity index (χ3v) is 3.46. The first-order valence-electron chi connectivity index (χ1n) is 6.63. The molecule has 1 aromatic heterocycles. The highest BCUT2D eigenvalue weighted by atomic mass is 35.5. The molecule has 23 heavy (non-hydrogen) atoms. The molecule has 0 radical (unpaired) electrons. The van der Waals surface area contributed by atoms with Crippen LogP contribution in [0.3, 0.4) is 0 Å². The molecule has 0 unspecified atom stereocenters. The molecule has 5 N–H and O–H groups in total. The smallest absolute Gasteiger partial charge is 0.314 e. The van der Waals surface area contributed by atoms with Crippen LogP contribution in [0.1, 0.15) is 0 Å². The standard InChI is InChI=1S/C15H12ClN5O2/c16-11-5-9(17)2-4-12(11)20-15(23)14(22)19-10-3-1-8-7-18-21-13(8)6-10/h1-7H,17H2,(H,18,21)(H,19,22)(H,20,23). The van der Waals surface area contributed by atoms with Crippen LogP contribution >= 0.6 is 11.6 Å². The molecule has 0 spiro atoms. The maximum atomic E-state index is 12.0. The Balaban J connectivity index is 1.70. The van der Waals surface area contributed by atoms with Gasteiger partial charge >= 0.3 is 11.8 Å². The van der Waals surface area contributed by atoms with Gasteiger partial charge in [0.25, 0.3) is 0 Å². The van der Waals surface area contributed by atoms with Gasteiger partial charge in [0.1, 0.15) is 0 Å². The fourth-order valence-corrected chi connectivity index (χ4v) is 2.25. The Morgan fingerprint density at radius 2 is 1.87 bits per heavy atom. The van der Waals surface area contributed by atoms with Crippen molar-refractivity contribution in [2.75, 3.05) is 16.4 Å². The maximum absolute atomic E-state index is 12.0. The quantitative estimate of drug-likeness (QED) is 0.427. The van der Waals surface area contributed by atoms with Gasteiger partial charge in [-0.1, -0.05) is 11.6 Å². The number of carbonyl (C=O) groups is 2. The first kappa shape index (κ1) is 14.9. The Labute approximate surface area is 135 Å². The number of benzene rings is 2. The Morgan fingerprint density at radius 1 is 1.09 bits per heavy atom. The molecule has 3 aromatic rings. The number of amides is 2. The summed E-state index contributed by atoms with van der Waals surface area (Å²) in [5.74, 6) is -1.64. The summed E-state index contributed by atoms with van der Waals surface area (Å²) in [6.07, 6.45) is 1.66. The molecular formula is C15H12ClN5O2. The predicted molar refractivity (Wildman–Crippen MR) is 89.2 cm³/mol. The van der Waals surface area contributed by atoms with Gasteiger partial charge in [0.15, 0.2) is 0 Å². The highest BCUT2D eigenvalue weighted by Crippen LogP contribution is 2.24. The van der Waals surface area contributed by atoms with Crippen LogP contribution in [0, 0.1) is 0 Å². The third kappa shape index (κ3) is 3.24. The first-order chi connectivity index (χ1) is 11.0. The number of aromatic amines is 1. The summed E-state index contributed by atoms with van der Waals surface area (Å²) in [6, 6.07) is 9.73. The topological polar surface area (TPSA) is 113 Å². The zero-order valence-corrected chi connectivity index (χ0v) is 12.5. The lowest BCUT2D eigenvalue weighted by atomic mass is 10.2. The Kier molecular flexibility index (Phi) is 3.86. The molecule has 1 heterocycles. The third-order valence-electron chi connectivity index (χ3n) is 3.15. The Bertz CT molecular complexity index is 906. The number of nitrogens with zero attached hydrogens (tertiary/aromatic N) is 1. The van der Waals surface area contributed by atoms with E-state index in [1.165, 1.54) is 12.1 Å². The molecule has 0 aliphatic carbocycles. The van der Waals surface area contributed by atoms with Crippen molar-refractivity contribution in [3.8, 4) is 0 Å². The number of anilines is 3. The average molecular weight is 330 g/mol. The number of fused-ring (bicyclic) bond motifs is 1. The fourth-order valence-electron chi connectivity index (χ4n) is 2.01. The fraction of sp³-hybridized carbons (Fsp3) is 0. The van der Waals surface area contributed by atoms with E-state index in [2.05, 4.69) is 20.8 Å². The molecule has 0 aliphatic rings. The van der Waals surface area contributed by atoms with Gasteiger partial charge in [0, 0.05) is 16.8 Å². The lowest BCUT2D eigenvalue weighted by Crippen LogP contribution is -2.29. The summed E-state index contributed by atoms with van der Waals surface area (Å²) in [5, 5.41) is 12.8. The van der Waals surface area contributed by atoms with E-state index in [1.807, 2.05) is 0 Å². The van der Waals surface area contributed by atoms with Gasteiger partial charge in [-0.15, -0.1) is 0 Å². The minimum atomic E-state index is -0.832. The molecule has 3 rings (SSSR count). The lowest BCUT2D eigenvalue weighted by Gasteiger charge is -2.08. The molecule has 7 nitrogen and oxygen atoms in total. The largest absolute Gasteiger partial charge is 0.399 e. The second kappa shape index (κ2) is 5.98. The van der Waals surface area contributed by atoms with Crippen LogP contribution in [0.15, 0.2) is 42.6 Å². The first-order valence-corrected chi connectivity index (χ1v) is 7.01. The van der Waals surface area contributed by atoms with E-state index in [0.717, 1.165) is 10.9 Å². The SMILES string of the molecule is Nc1ccc(NC(=O)C(=O)Nc2ccc3cn[nH]c3c2)c(Cl)c1. The van der Waals surface area contributed by atoms with Crippen molar-refractivity contribution in [1.82, 2.24) is 10.2 Å². The Hall–Kier alpha value is -3.06. The molecule has 0 bridgehead atoms. The molecule has 2 aromatic carbocycles. The van der Waals surface area contributed by atoms with Crippen molar-refractivity contribution in [1.29, 1.82) is 0 Å². The van der Waals surface area contributed by atoms with E-state index in [4.69, 9.17) is 17.3 Å². The summed E-state index contributed by atoms with van der Waals surface area (Å²) in [6.45, 7) is 0. The van der Waals surface area contributed by atoms with Gasteiger partial charge < -0.3 is 16.4 Å². The van der Waals surface area contributed by atoms with Crippen LogP contribution in [0.2, 0.25) is 5.02 Å². The van der Waals surface area contributed by atoms with Gasteiger partial charge in [-0.25, -0.2) is 0 Å². The minimum absolute atomic E-state index is 0.255. The molecule has 8 heteroatoms. The van der Waals surface area contributed by atoms with Crippen LogP contribution < -0.4 is 16.4 Å². The molecule has 0 saturated carbocycles. The zero-order valence-electron chi connectivity index (χ0n) is 11.8. The number of rotatable bonds is 2. The van der Waals surface area contributed by atoms with Crippen molar-refractivity contribution in [3.63, 3.8) is 0 Å².